The maximum absolute atomic E-state index is 12.4. The summed E-state index contributed by atoms with van der Waals surface area (Å²) in [6.07, 6.45) is 1.30. The Morgan fingerprint density at radius 1 is 1.16 bits per heavy atom. The monoisotopic (exact) mass is 359 g/mol. The van der Waals surface area contributed by atoms with Gasteiger partial charge in [0.2, 0.25) is 5.91 Å². The first-order valence-corrected chi connectivity index (χ1v) is 8.47. The van der Waals surface area contributed by atoms with E-state index < -0.39 is 0 Å². The van der Waals surface area contributed by atoms with E-state index in [1.807, 2.05) is 4.90 Å². The molecule has 0 saturated carbocycles. The molecule has 0 atom stereocenters. The number of carbonyl (C=O) groups is 1. The van der Waals surface area contributed by atoms with E-state index in [0.717, 1.165) is 0 Å². The molecule has 0 aromatic heterocycles. The maximum atomic E-state index is 12.4. The Morgan fingerprint density at radius 3 is 2.56 bits per heavy atom. The number of piperidine rings is 1. The predicted molar refractivity (Wildman–Crippen MR) is 98.1 cm³/mol. The fraction of sp³-hybridized carbons (Fsp3) is 0.278. The smallest absolute Gasteiger partial charge is 0.292 e. The topological polar surface area (TPSA) is 75.5 Å². The van der Waals surface area contributed by atoms with Gasteiger partial charge in [-0.1, -0.05) is 29.8 Å². The van der Waals surface area contributed by atoms with E-state index in [4.69, 9.17) is 11.6 Å². The number of hydrogen-bond acceptors (Lipinski definition) is 4. The second-order valence-corrected chi connectivity index (χ2v) is 6.44. The second-order valence-electron chi connectivity index (χ2n) is 6.01. The number of benzene rings is 2. The van der Waals surface area contributed by atoms with Crippen LogP contribution in [0, 0.1) is 16.0 Å². The van der Waals surface area contributed by atoms with E-state index in [9.17, 15) is 14.9 Å². The number of anilines is 2. The van der Waals surface area contributed by atoms with E-state index in [1.54, 1.807) is 42.5 Å². The molecule has 1 aliphatic rings. The lowest BCUT2D eigenvalue weighted by atomic mass is 9.95. The van der Waals surface area contributed by atoms with Gasteiger partial charge in [-0.3, -0.25) is 14.9 Å². The number of hydrogen-bond donors (Lipinski definition) is 1. The molecular weight excluding hydrogens is 342 g/mol. The van der Waals surface area contributed by atoms with Gasteiger partial charge in [-0.2, -0.15) is 0 Å². The van der Waals surface area contributed by atoms with Crippen LogP contribution in [-0.2, 0) is 4.79 Å². The van der Waals surface area contributed by atoms with Crippen molar-refractivity contribution in [1.82, 2.24) is 0 Å². The van der Waals surface area contributed by atoms with Crippen LogP contribution < -0.4 is 10.2 Å². The number of halogens is 1. The minimum absolute atomic E-state index is 0.0375. The molecule has 1 fully saturated rings. The van der Waals surface area contributed by atoms with Gasteiger partial charge >= 0.3 is 0 Å². The van der Waals surface area contributed by atoms with Crippen LogP contribution in [-0.4, -0.2) is 23.9 Å². The molecule has 1 N–H and O–H groups in total. The Morgan fingerprint density at radius 2 is 1.88 bits per heavy atom. The molecule has 0 radical (unpaired) electrons. The van der Waals surface area contributed by atoms with Crippen LogP contribution in [0.25, 0.3) is 0 Å². The highest BCUT2D eigenvalue weighted by atomic mass is 35.5. The number of carbonyl (C=O) groups excluding carboxylic acids is 1. The Bertz CT molecular complexity index is 789. The van der Waals surface area contributed by atoms with Crippen molar-refractivity contribution in [3.8, 4) is 0 Å². The molecule has 1 aliphatic heterocycles. The minimum atomic E-state index is -0.368. The third-order valence-electron chi connectivity index (χ3n) is 4.38. The zero-order chi connectivity index (χ0) is 17.8. The van der Waals surface area contributed by atoms with Gasteiger partial charge in [0, 0.05) is 35.8 Å². The first-order valence-electron chi connectivity index (χ1n) is 8.09. The first-order chi connectivity index (χ1) is 12.0. The molecule has 0 bridgehead atoms. The van der Waals surface area contributed by atoms with Gasteiger partial charge in [0.25, 0.3) is 5.69 Å². The van der Waals surface area contributed by atoms with Gasteiger partial charge in [0.1, 0.15) is 5.69 Å². The molecular formula is C18H18ClN3O3. The minimum Gasteiger partial charge on any atom is -0.366 e. The first kappa shape index (κ1) is 17.2. The summed E-state index contributed by atoms with van der Waals surface area (Å²) in [5, 5.41) is 14.6. The molecule has 2 aromatic rings. The van der Waals surface area contributed by atoms with Gasteiger partial charge < -0.3 is 10.2 Å². The quantitative estimate of drug-likeness (QED) is 0.658. The Hall–Kier alpha value is -2.60. The number of nitrogens with zero attached hydrogens (tertiary/aromatic N) is 2. The van der Waals surface area contributed by atoms with Crippen molar-refractivity contribution in [3.05, 3.63) is 63.7 Å². The van der Waals surface area contributed by atoms with E-state index in [-0.39, 0.29) is 22.4 Å². The summed E-state index contributed by atoms with van der Waals surface area (Å²) in [7, 11) is 0. The van der Waals surface area contributed by atoms with E-state index in [2.05, 4.69) is 5.32 Å². The van der Waals surface area contributed by atoms with Crippen LogP contribution in [0.4, 0.5) is 17.1 Å². The molecule has 3 rings (SSSR count). The molecule has 0 aliphatic carbocycles. The molecule has 2 aromatic carbocycles. The molecule has 25 heavy (non-hydrogen) atoms. The van der Waals surface area contributed by atoms with Crippen molar-refractivity contribution in [3.63, 3.8) is 0 Å². The standard InChI is InChI=1S/C18H18ClN3O3/c19-14-4-3-5-15(12-14)20-18(23)13-8-10-21(11-9-13)16-6-1-2-7-17(16)22(24)25/h1-7,12-13H,8-11H2,(H,20,23). The Balaban J connectivity index is 1.62. The highest BCUT2D eigenvalue weighted by Gasteiger charge is 2.28. The highest BCUT2D eigenvalue weighted by Crippen LogP contribution is 2.31. The summed E-state index contributed by atoms with van der Waals surface area (Å²) >= 11 is 5.93. The summed E-state index contributed by atoms with van der Waals surface area (Å²) in [4.78, 5) is 25.2. The summed E-state index contributed by atoms with van der Waals surface area (Å²) < 4.78 is 0. The Kier molecular flexibility index (Phi) is 5.19. The van der Waals surface area contributed by atoms with Gasteiger partial charge in [-0.15, -0.1) is 0 Å². The average molecular weight is 360 g/mol. The zero-order valence-electron chi connectivity index (χ0n) is 13.5. The molecule has 0 spiro atoms. The SMILES string of the molecule is O=C(Nc1cccc(Cl)c1)C1CCN(c2ccccc2[N+](=O)[O-])CC1. The van der Waals surface area contributed by atoms with Crippen molar-refractivity contribution in [1.29, 1.82) is 0 Å². The third kappa shape index (κ3) is 4.09. The van der Waals surface area contributed by atoms with Crippen LogP contribution >= 0.6 is 11.6 Å². The fourth-order valence-electron chi connectivity index (χ4n) is 3.08. The molecule has 0 unspecified atom stereocenters. The second kappa shape index (κ2) is 7.53. The van der Waals surface area contributed by atoms with Gasteiger partial charge in [0.15, 0.2) is 0 Å². The highest BCUT2D eigenvalue weighted by molar-refractivity contribution is 6.30. The van der Waals surface area contributed by atoms with Crippen LogP contribution in [0.1, 0.15) is 12.8 Å². The number of para-hydroxylation sites is 2. The van der Waals surface area contributed by atoms with E-state index in [0.29, 0.717) is 42.3 Å². The molecule has 1 saturated heterocycles. The van der Waals surface area contributed by atoms with Crippen molar-refractivity contribution in [2.45, 2.75) is 12.8 Å². The van der Waals surface area contributed by atoms with Crippen LogP contribution in [0.2, 0.25) is 5.02 Å². The number of nitrogens with one attached hydrogen (secondary N) is 1. The summed E-state index contributed by atoms with van der Waals surface area (Å²) in [6.45, 7) is 1.22. The van der Waals surface area contributed by atoms with Gasteiger partial charge in [-0.25, -0.2) is 0 Å². The van der Waals surface area contributed by atoms with Crippen LogP contribution in [0.3, 0.4) is 0 Å². The number of nitro benzene ring substituents is 1. The van der Waals surface area contributed by atoms with Gasteiger partial charge in [0.05, 0.1) is 4.92 Å². The molecule has 1 heterocycles. The summed E-state index contributed by atoms with van der Waals surface area (Å²) in [5.41, 5.74) is 1.39. The van der Waals surface area contributed by atoms with Crippen molar-refractivity contribution in [2.75, 3.05) is 23.3 Å². The molecule has 130 valence electrons. The lowest BCUT2D eigenvalue weighted by molar-refractivity contribution is -0.384. The molecule has 6 nitrogen and oxygen atoms in total. The van der Waals surface area contributed by atoms with E-state index in [1.165, 1.54) is 6.07 Å². The molecule has 1 amide bonds. The number of amides is 1. The normalized spacial score (nSPS) is 15.0. The van der Waals surface area contributed by atoms with Gasteiger partial charge in [-0.05, 0) is 37.1 Å². The number of nitro groups is 1. The molecule has 7 heteroatoms. The third-order valence-corrected chi connectivity index (χ3v) is 4.61. The number of rotatable bonds is 4. The van der Waals surface area contributed by atoms with Crippen molar-refractivity contribution in [2.24, 2.45) is 5.92 Å². The summed E-state index contributed by atoms with van der Waals surface area (Å²) in [6, 6.07) is 13.8. The van der Waals surface area contributed by atoms with Crippen molar-refractivity contribution >= 4 is 34.6 Å². The average Bonchev–Trinajstić information content (AvgIpc) is 2.62. The lowest BCUT2D eigenvalue weighted by Gasteiger charge is -2.32. The fourth-order valence-corrected chi connectivity index (χ4v) is 3.27. The van der Waals surface area contributed by atoms with Crippen LogP contribution in [0.5, 0.6) is 0 Å². The maximum Gasteiger partial charge on any atom is 0.292 e. The van der Waals surface area contributed by atoms with Crippen LogP contribution in [0.15, 0.2) is 48.5 Å². The van der Waals surface area contributed by atoms with Crippen molar-refractivity contribution < 1.29 is 9.72 Å². The predicted octanol–water partition coefficient (Wildman–Crippen LogP) is 4.10. The Labute approximate surface area is 150 Å². The lowest BCUT2D eigenvalue weighted by Crippen LogP contribution is -2.38. The summed E-state index contributed by atoms with van der Waals surface area (Å²) in [5.74, 6) is -0.150. The largest absolute Gasteiger partial charge is 0.366 e. The van der Waals surface area contributed by atoms with E-state index >= 15 is 0 Å². The zero-order valence-corrected chi connectivity index (χ0v) is 14.3.